The fourth-order valence-electron chi connectivity index (χ4n) is 2.91. The molecule has 5 nitrogen and oxygen atoms in total. The second-order valence-electron chi connectivity index (χ2n) is 6.74. The summed E-state index contributed by atoms with van der Waals surface area (Å²) in [5.41, 5.74) is 0.464. The highest BCUT2D eigenvalue weighted by Gasteiger charge is 2.37. The molecule has 4 rings (SSSR count). The Balaban J connectivity index is 1.46. The Hall–Kier alpha value is -1.96. The maximum Gasteiger partial charge on any atom is 0.387 e. The van der Waals surface area contributed by atoms with Crippen molar-refractivity contribution in [2.75, 3.05) is 0 Å². The number of benzene rings is 1. The number of carbonyl (C=O) groups excluding carboxylic acids is 1. The van der Waals surface area contributed by atoms with Crippen LogP contribution in [0.5, 0.6) is 5.75 Å². The molecule has 0 spiro atoms. The molecule has 2 fully saturated rings. The van der Waals surface area contributed by atoms with Gasteiger partial charge in [0.05, 0.1) is 5.25 Å². The molecule has 0 amide bonds. The van der Waals surface area contributed by atoms with Crippen molar-refractivity contribution in [2.45, 2.75) is 61.6 Å². The quantitative estimate of drug-likeness (QED) is 0.501. The minimum atomic E-state index is -2.87. The number of halogens is 2. The van der Waals surface area contributed by atoms with Gasteiger partial charge in [-0.2, -0.15) is 8.78 Å². The summed E-state index contributed by atoms with van der Waals surface area (Å²) in [6, 6.07) is 6.26. The Kier molecular flexibility index (Phi) is 4.69. The van der Waals surface area contributed by atoms with E-state index in [0.29, 0.717) is 17.5 Å². The van der Waals surface area contributed by atoms with Gasteiger partial charge in [-0.3, -0.25) is 4.79 Å². The molecule has 1 unspecified atom stereocenters. The molecule has 0 bridgehead atoms. The van der Waals surface area contributed by atoms with Crippen molar-refractivity contribution < 1.29 is 18.3 Å². The monoisotopic (exact) mass is 379 g/mol. The average Bonchev–Trinajstić information content (AvgIpc) is 3.53. The van der Waals surface area contributed by atoms with Crippen molar-refractivity contribution in [3.63, 3.8) is 0 Å². The average molecular weight is 379 g/mol. The van der Waals surface area contributed by atoms with Crippen LogP contribution in [0.2, 0.25) is 0 Å². The maximum atomic E-state index is 12.7. The van der Waals surface area contributed by atoms with Crippen molar-refractivity contribution in [3.05, 3.63) is 35.7 Å². The number of ether oxygens (including phenoxy) is 1. The normalized spacial score (nSPS) is 18.2. The van der Waals surface area contributed by atoms with Gasteiger partial charge in [0.25, 0.3) is 0 Å². The van der Waals surface area contributed by atoms with Gasteiger partial charge in [0.1, 0.15) is 11.6 Å². The number of Topliss-reactive ketones (excluding diaryl/α,β-unsaturated/α-hetero) is 1. The first-order chi connectivity index (χ1) is 12.5. The summed E-state index contributed by atoms with van der Waals surface area (Å²) in [7, 11) is 0. The van der Waals surface area contributed by atoms with Gasteiger partial charge in [-0.1, -0.05) is 11.8 Å². The van der Waals surface area contributed by atoms with Gasteiger partial charge in [-0.05, 0) is 56.9 Å². The Morgan fingerprint density at radius 2 is 1.88 bits per heavy atom. The van der Waals surface area contributed by atoms with Crippen LogP contribution >= 0.6 is 11.8 Å². The highest BCUT2D eigenvalue weighted by Crippen LogP contribution is 2.46. The summed E-state index contributed by atoms with van der Waals surface area (Å²) in [6.07, 6.45) is 4.60. The number of nitrogens with zero attached hydrogens (tertiary/aromatic N) is 3. The molecule has 1 heterocycles. The zero-order chi connectivity index (χ0) is 18.3. The van der Waals surface area contributed by atoms with Gasteiger partial charge in [0, 0.05) is 17.5 Å². The van der Waals surface area contributed by atoms with Gasteiger partial charge < -0.3 is 9.30 Å². The largest absolute Gasteiger partial charge is 0.435 e. The number of ketones is 1. The van der Waals surface area contributed by atoms with Gasteiger partial charge >= 0.3 is 6.61 Å². The number of aromatic nitrogens is 3. The lowest BCUT2D eigenvalue weighted by atomic mass is 10.1. The minimum Gasteiger partial charge on any atom is -0.435 e. The van der Waals surface area contributed by atoms with E-state index in [1.165, 1.54) is 36.0 Å². The number of alkyl halides is 2. The zero-order valence-corrected chi connectivity index (χ0v) is 15.1. The van der Waals surface area contributed by atoms with E-state index >= 15 is 0 Å². The zero-order valence-electron chi connectivity index (χ0n) is 14.3. The molecular weight excluding hydrogens is 360 g/mol. The van der Waals surface area contributed by atoms with Crippen molar-refractivity contribution in [1.82, 2.24) is 14.8 Å². The van der Waals surface area contributed by atoms with Gasteiger partial charge in [-0.25, -0.2) is 0 Å². The number of hydrogen-bond donors (Lipinski definition) is 0. The maximum absolute atomic E-state index is 12.7. The van der Waals surface area contributed by atoms with E-state index in [-0.39, 0.29) is 16.8 Å². The molecule has 0 aliphatic heterocycles. The molecule has 2 saturated carbocycles. The van der Waals surface area contributed by atoms with Crippen LogP contribution in [0.4, 0.5) is 8.78 Å². The van der Waals surface area contributed by atoms with Crippen molar-refractivity contribution in [2.24, 2.45) is 0 Å². The molecule has 2 aliphatic carbocycles. The summed E-state index contributed by atoms with van der Waals surface area (Å²) < 4.78 is 31.0. The highest BCUT2D eigenvalue weighted by atomic mass is 32.2. The highest BCUT2D eigenvalue weighted by molar-refractivity contribution is 8.00. The molecule has 0 radical (unpaired) electrons. The first kappa shape index (κ1) is 17.5. The molecule has 2 aromatic rings. The first-order valence-electron chi connectivity index (χ1n) is 8.73. The Labute approximate surface area is 154 Å². The lowest BCUT2D eigenvalue weighted by Crippen LogP contribution is -2.15. The number of hydrogen-bond acceptors (Lipinski definition) is 5. The minimum absolute atomic E-state index is 0.0411. The molecule has 1 aromatic heterocycles. The van der Waals surface area contributed by atoms with Crippen molar-refractivity contribution in [1.29, 1.82) is 0 Å². The summed E-state index contributed by atoms with van der Waals surface area (Å²) in [4.78, 5) is 12.7. The predicted octanol–water partition coefficient (Wildman–Crippen LogP) is 4.46. The summed E-state index contributed by atoms with van der Waals surface area (Å²) >= 11 is 1.41. The Morgan fingerprint density at radius 1 is 1.19 bits per heavy atom. The lowest BCUT2D eigenvalue weighted by Gasteiger charge is -2.12. The van der Waals surface area contributed by atoms with Crippen LogP contribution in [-0.4, -0.2) is 32.4 Å². The molecule has 26 heavy (non-hydrogen) atoms. The number of rotatable bonds is 8. The summed E-state index contributed by atoms with van der Waals surface area (Å²) in [6.45, 7) is -1.04. The third kappa shape index (κ3) is 3.75. The lowest BCUT2D eigenvalue weighted by molar-refractivity contribution is -0.0498. The molecule has 2 aliphatic rings. The topological polar surface area (TPSA) is 57.0 Å². The van der Waals surface area contributed by atoms with Crippen LogP contribution in [0.25, 0.3) is 0 Å². The van der Waals surface area contributed by atoms with Gasteiger partial charge in [0.2, 0.25) is 0 Å². The SMILES string of the molecule is CC(Sc1nnc(C2CC2)n1C1CC1)C(=O)c1ccc(OC(F)F)cc1. The second kappa shape index (κ2) is 6.98. The van der Waals surface area contributed by atoms with Crippen LogP contribution in [0.3, 0.4) is 0 Å². The molecule has 1 aromatic carbocycles. The van der Waals surface area contributed by atoms with Crippen molar-refractivity contribution in [3.8, 4) is 5.75 Å². The van der Waals surface area contributed by atoms with E-state index in [9.17, 15) is 13.6 Å². The molecule has 0 saturated heterocycles. The van der Waals surface area contributed by atoms with E-state index in [1.807, 2.05) is 6.92 Å². The Morgan fingerprint density at radius 3 is 2.46 bits per heavy atom. The van der Waals surface area contributed by atoms with E-state index in [0.717, 1.165) is 36.7 Å². The van der Waals surface area contributed by atoms with Gasteiger partial charge in [-0.15, -0.1) is 10.2 Å². The third-order valence-corrected chi connectivity index (χ3v) is 5.62. The molecule has 8 heteroatoms. The van der Waals surface area contributed by atoms with Crippen LogP contribution in [0.1, 0.15) is 60.7 Å². The standard InChI is InChI=1S/C18H19F2N3O2S/c1-10(15(24)11-4-8-14(9-5-11)25-17(19)20)26-18-22-21-16(12-2-3-12)23(18)13-6-7-13/h4-5,8-10,12-13,17H,2-3,6-7H2,1H3. The van der Waals surface area contributed by atoms with E-state index in [2.05, 4.69) is 19.5 Å². The molecule has 0 N–H and O–H groups in total. The Bertz CT molecular complexity index is 801. The summed E-state index contributed by atoms with van der Waals surface area (Å²) in [5, 5.41) is 9.14. The molecule has 1 atom stereocenters. The third-order valence-electron chi connectivity index (χ3n) is 4.56. The van der Waals surface area contributed by atoms with E-state index < -0.39 is 6.61 Å². The molecular formula is C18H19F2N3O2S. The van der Waals surface area contributed by atoms with Crippen LogP contribution in [0, 0.1) is 0 Å². The van der Waals surface area contributed by atoms with Gasteiger partial charge in [0.15, 0.2) is 10.9 Å². The predicted molar refractivity (Wildman–Crippen MR) is 93.0 cm³/mol. The smallest absolute Gasteiger partial charge is 0.387 e. The fourth-order valence-corrected chi connectivity index (χ4v) is 3.92. The number of thioether (sulfide) groups is 1. The van der Waals surface area contributed by atoms with E-state index in [4.69, 9.17) is 0 Å². The van der Waals surface area contributed by atoms with Crippen molar-refractivity contribution >= 4 is 17.5 Å². The first-order valence-corrected chi connectivity index (χ1v) is 9.61. The van der Waals surface area contributed by atoms with Crippen LogP contribution in [0.15, 0.2) is 29.4 Å². The fraction of sp³-hybridized carbons (Fsp3) is 0.500. The van der Waals surface area contributed by atoms with Crippen LogP contribution < -0.4 is 4.74 Å². The molecule has 138 valence electrons. The second-order valence-corrected chi connectivity index (χ2v) is 8.05. The van der Waals surface area contributed by atoms with E-state index in [1.54, 1.807) is 0 Å². The number of carbonyl (C=O) groups is 1. The van der Waals surface area contributed by atoms with Crippen LogP contribution in [-0.2, 0) is 0 Å². The summed E-state index contributed by atoms with van der Waals surface area (Å²) in [5.74, 6) is 1.55.